The van der Waals surface area contributed by atoms with Crippen molar-refractivity contribution in [2.24, 2.45) is 0 Å². The highest BCUT2D eigenvalue weighted by atomic mass is 32.2. The average molecular weight is 507 g/mol. The van der Waals surface area contributed by atoms with Gasteiger partial charge < -0.3 is 9.64 Å². The zero-order valence-electron chi connectivity index (χ0n) is 20.0. The highest BCUT2D eigenvalue weighted by Crippen LogP contribution is 2.34. The minimum atomic E-state index is -3.37. The van der Waals surface area contributed by atoms with Crippen molar-refractivity contribution in [1.29, 1.82) is 0 Å². The molecule has 7 nitrogen and oxygen atoms in total. The number of anilines is 1. The van der Waals surface area contributed by atoms with Crippen LogP contribution in [0.1, 0.15) is 49.7 Å². The topological polar surface area (TPSA) is 75.6 Å². The van der Waals surface area contributed by atoms with Crippen molar-refractivity contribution in [3.63, 3.8) is 0 Å². The molecule has 190 valence electrons. The van der Waals surface area contributed by atoms with E-state index in [0.29, 0.717) is 63.4 Å². The van der Waals surface area contributed by atoms with Crippen LogP contribution in [0.25, 0.3) is 0 Å². The molecule has 0 N–H and O–H groups in total. The van der Waals surface area contributed by atoms with Crippen LogP contribution in [-0.2, 0) is 16.4 Å². The molecule has 4 rings (SSSR count). The van der Waals surface area contributed by atoms with Crippen LogP contribution < -0.4 is 9.64 Å². The minimum absolute atomic E-state index is 0.106. The van der Waals surface area contributed by atoms with Gasteiger partial charge in [0, 0.05) is 51.4 Å². The lowest BCUT2D eigenvalue weighted by molar-refractivity contribution is 0.156. The van der Waals surface area contributed by atoms with Gasteiger partial charge in [0.2, 0.25) is 16.0 Å². The Morgan fingerprint density at radius 1 is 1.06 bits per heavy atom. The van der Waals surface area contributed by atoms with E-state index < -0.39 is 21.7 Å². The number of hydrogen-bond acceptors (Lipinski definition) is 6. The van der Waals surface area contributed by atoms with E-state index in [2.05, 4.69) is 21.4 Å². The van der Waals surface area contributed by atoms with Crippen LogP contribution in [0.5, 0.6) is 5.75 Å². The number of ether oxygens (including phenoxy) is 1. The third kappa shape index (κ3) is 5.98. The van der Waals surface area contributed by atoms with Gasteiger partial charge in [0.15, 0.2) is 17.4 Å². The van der Waals surface area contributed by atoms with Crippen LogP contribution in [0.3, 0.4) is 0 Å². The van der Waals surface area contributed by atoms with E-state index in [-0.39, 0.29) is 23.5 Å². The van der Waals surface area contributed by atoms with E-state index in [4.69, 9.17) is 4.74 Å². The molecule has 35 heavy (non-hydrogen) atoms. The fraction of sp³-hybridized carbons (Fsp3) is 0.520. The molecule has 1 aromatic heterocycles. The van der Waals surface area contributed by atoms with Crippen molar-refractivity contribution in [2.45, 2.75) is 51.0 Å². The molecule has 0 unspecified atom stereocenters. The molecule has 10 heteroatoms. The predicted molar refractivity (Wildman–Crippen MR) is 131 cm³/mol. The Bertz CT molecular complexity index is 1100. The zero-order valence-corrected chi connectivity index (χ0v) is 20.8. The number of aryl methyl sites for hydroxylation is 1. The molecule has 0 bridgehead atoms. The second-order valence-corrected chi connectivity index (χ2v) is 11.1. The van der Waals surface area contributed by atoms with Crippen LogP contribution in [-0.4, -0.2) is 60.7 Å². The third-order valence-corrected chi connectivity index (χ3v) is 8.59. The minimum Gasteiger partial charge on any atom is -0.484 e. The maximum Gasteiger partial charge on any atom is 0.225 e. The monoisotopic (exact) mass is 506 g/mol. The number of halogens is 2. The third-order valence-electron chi connectivity index (χ3n) is 6.78. The number of benzene rings is 1. The molecule has 0 aliphatic carbocycles. The summed E-state index contributed by atoms with van der Waals surface area (Å²) in [7, 11) is -3.37. The van der Waals surface area contributed by atoms with Gasteiger partial charge in [0.25, 0.3) is 0 Å². The van der Waals surface area contributed by atoms with Gasteiger partial charge in [0.05, 0.1) is 5.75 Å². The highest BCUT2D eigenvalue weighted by molar-refractivity contribution is 7.89. The van der Waals surface area contributed by atoms with Crippen LogP contribution in [0.15, 0.2) is 37.2 Å². The second-order valence-electron chi connectivity index (χ2n) is 9.10. The van der Waals surface area contributed by atoms with Gasteiger partial charge in [-0.1, -0.05) is 13.0 Å². The Morgan fingerprint density at radius 3 is 2.20 bits per heavy atom. The van der Waals surface area contributed by atoms with Crippen LogP contribution in [0, 0.1) is 11.6 Å². The normalized spacial score (nSPS) is 18.5. The Kier molecular flexibility index (Phi) is 8.01. The summed E-state index contributed by atoms with van der Waals surface area (Å²) in [5.74, 6) is -1.34. The van der Waals surface area contributed by atoms with E-state index in [1.807, 2.05) is 19.3 Å². The summed E-state index contributed by atoms with van der Waals surface area (Å²) in [4.78, 5) is 10.9. The second kappa shape index (κ2) is 11.0. The Labute approximate surface area is 205 Å². The standard InChI is InChI=1S/C25H32F2N4O3S/c1-3-13-35(32,33)31-11-5-19(6-12-31)20-14-22(26)24(23(27)15-20)34-21-7-9-30(10-8-21)25-28-16-18(4-2)17-29-25/h3,14-17,19,21H,1,4-13H2,2H3. The SMILES string of the molecule is C=CCS(=O)(=O)N1CCC(c2cc(F)c(OC3CCN(c4ncc(CC)cn4)CC3)c(F)c2)CC1. The van der Waals surface area contributed by atoms with Gasteiger partial charge >= 0.3 is 0 Å². The van der Waals surface area contributed by atoms with Gasteiger partial charge in [0.1, 0.15) is 6.10 Å². The van der Waals surface area contributed by atoms with Gasteiger partial charge in [-0.2, -0.15) is 0 Å². The first-order chi connectivity index (χ1) is 16.8. The average Bonchev–Trinajstić information content (AvgIpc) is 2.86. The first-order valence-corrected chi connectivity index (χ1v) is 13.7. The van der Waals surface area contributed by atoms with E-state index in [9.17, 15) is 17.2 Å². The van der Waals surface area contributed by atoms with Gasteiger partial charge in [-0.15, -0.1) is 6.58 Å². The number of nitrogens with zero attached hydrogens (tertiary/aromatic N) is 4. The Balaban J connectivity index is 1.34. The van der Waals surface area contributed by atoms with E-state index in [0.717, 1.165) is 12.0 Å². The van der Waals surface area contributed by atoms with Gasteiger partial charge in [-0.3, -0.25) is 0 Å². The molecule has 2 aliphatic rings. The maximum absolute atomic E-state index is 14.9. The molecular formula is C25H32F2N4O3S. The summed E-state index contributed by atoms with van der Waals surface area (Å²) in [5.41, 5.74) is 1.61. The molecule has 0 saturated carbocycles. The molecule has 2 saturated heterocycles. The van der Waals surface area contributed by atoms with Gasteiger partial charge in [-0.05, 0) is 48.4 Å². The summed E-state index contributed by atoms with van der Waals surface area (Å²) in [5, 5.41) is 0. The Hall–Kier alpha value is -2.59. The summed E-state index contributed by atoms with van der Waals surface area (Å²) in [6, 6.07) is 2.66. The lowest BCUT2D eigenvalue weighted by atomic mass is 9.90. The zero-order chi connectivity index (χ0) is 25.0. The predicted octanol–water partition coefficient (Wildman–Crippen LogP) is 4.06. The number of aromatic nitrogens is 2. The quantitative estimate of drug-likeness (QED) is 0.503. The van der Waals surface area contributed by atoms with Crippen LogP contribution in [0.4, 0.5) is 14.7 Å². The number of sulfonamides is 1. The van der Waals surface area contributed by atoms with E-state index in [1.165, 1.54) is 22.5 Å². The highest BCUT2D eigenvalue weighted by Gasteiger charge is 2.30. The van der Waals surface area contributed by atoms with Crippen molar-refractivity contribution in [3.8, 4) is 5.75 Å². The van der Waals surface area contributed by atoms with E-state index >= 15 is 0 Å². The summed E-state index contributed by atoms with van der Waals surface area (Å²) >= 11 is 0. The molecule has 0 amide bonds. The smallest absolute Gasteiger partial charge is 0.225 e. The molecule has 0 spiro atoms. The molecule has 0 atom stereocenters. The molecule has 2 fully saturated rings. The fourth-order valence-electron chi connectivity index (χ4n) is 4.68. The van der Waals surface area contributed by atoms with Crippen molar-refractivity contribution in [3.05, 3.63) is 59.9 Å². The fourth-order valence-corrected chi connectivity index (χ4v) is 5.96. The molecule has 3 heterocycles. The van der Waals surface area contributed by atoms with Crippen molar-refractivity contribution < 1.29 is 21.9 Å². The lowest BCUT2D eigenvalue weighted by Crippen LogP contribution is -2.39. The van der Waals surface area contributed by atoms with Gasteiger partial charge in [-0.25, -0.2) is 31.5 Å². The lowest BCUT2D eigenvalue weighted by Gasteiger charge is -2.33. The van der Waals surface area contributed by atoms with Crippen molar-refractivity contribution in [1.82, 2.24) is 14.3 Å². The van der Waals surface area contributed by atoms with Crippen LogP contribution >= 0.6 is 0 Å². The maximum atomic E-state index is 14.9. The first-order valence-electron chi connectivity index (χ1n) is 12.1. The summed E-state index contributed by atoms with van der Waals surface area (Å²) in [6.45, 7) is 7.47. The van der Waals surface area contributed by atoms with E-state index in [1.54, 1.807) is 0 Å². The van der Waals surface area contributed by atoms with Crippen molar-refractivity contribution in [2.75, 3.05) is 36.8 Å². The molecule has 2 aromatic rings. The number of hydrogen-bond donors (Lipinski definition) is 0. The molecule has 0 radical (unpaired) electrons. The summed E-state index contributed by atoms with van der Waals surface area (Å²) < 4.78 is 61.4. The number of piperidine rings is 2. The Morgan fingerprint density at radius 2 is 1.66 bits per heavy atom. The van der Waals surface area contributed by atoms with Crippen LogP contribution in [0.2, 0.25) is 0 Å². The largest absolute Gasteiger partial charge is 0.484 e. The van der Waals surface area contributed by atoms with Crippen molar-refractivity contribution >= 4 is 16.0 Å². The molecule has 2 aliphatic heterocycles. The molecular weight excluding hydrogens is 474 g/mol. The number of rotatable bonds is 8. The molecule has 1 aromatic carbocycles. The first kappa shape index (κ1) is 25.5. The summed E-state index contributed by atoms with van der Waals surface area (Å²) in [6.07, 6.45) is 7.82.